The molecular formula is C21H31N3O3. The van der Waals surface area contributed by atoms with E-state index in [1.54, 1.807) is 0 Å². The van der Waals surface area contributed by atoms with Crippen molar-refractivity contribution in [3.8, 4) is 0 Å². The average Bonchev–Trinajstić information content (AvgIpc) is 3.10. The van der Waals surface area contributed by atoms with Crippen LogP contribution in [0.4, 0.5) is 0 Å². The minimum absolute atomic E-state index is 0.00168. The van der Waals surface area contributed by atoms with Crippen molar-refractivity contribution >= 4 is 11.8 Å². The zero-order chi connectivity index (χ0) is 19.2. The molecule has 0 bridgehead atoms. The molecule has 0 aromatic heterocycles. The van der Waals surface area contributed by atoms with E-state index in [0.717, 1.165) is 24.8 Å². The standard InChI is InChI=1S/C21H31N3O3/c1-16(17-6-3-2-4-7-17)24-15-18(14-20(24)25)21(26)23-11-8-19(9-12-23)27-13-5-10-22/h2-4,6-7,16,18-19H,5,8-15,22H2,1H3. The topological polar surface area (TPSA) is 75.9 Å². The van der Waals surface area contributed by atoms with Crippen LogP contribution in [0, 0.1) is 5.92 Å². The second-order valence-corrected chi connectivity index (χ2v) is 7.57. The molecule has 1 aromatic rings. The summed E-state index contributed by atoms with van der Waals surface area (Å²) in [5.41, 5.74) is 6.60. The van der Waals surface area contributed by atoms with Gasteiger partial charge in [0.05, 0.1) is 18.1 Å². The highest BCUT2D eigenvalue weighted by Gasteiger charge is 2.39. The molecule has 1 aromatic carbocycles. The molecule has 0 saturated carbocycles. The minimum atomic E-state index is -0.224. The summed E-state index contributed by atoms with van der Waals surface area (Å²) in [7, 11) is 0. The molecule has 6 heteroatoms. The maximum atomic E-state index is 12.9. The molecule has 0 aliphatic carbocycles. The molecule has 2 aliphatic heterocycles. The smallest absolute Gasteiger partial charge is 0.227 e. The average molecular weight is 373 g/mol. The van der Waals surface area contributed by atoms with Crippen LogP contribution in [0.3, 0.4) is 0 Å². The second kappa shape index (κ2) is 9.33. The van der Waals surface area contributed by atoms with E-state index in [2.05, 4.69) is 0 Å². The van der Waals surface area contributed by atoms with Gasteiger partial charge in [-0.1, -0.05) is 30.3 Å². The Hall–Kier alpha value is -1.92. The van der Waals surface area contributed by atoms with Crippen LogP contribution < -0.4 is 5.73 Å². The maximum absolute atomic E-state index is 12.9. The molecule has 27 heavy (non-hydrogen) atoms. The third-order valence-electron chi connectivity index (χ3n) is 5.71. The zero-order valence-electron chi connectivity index (χ0n) is 16.2. The van der Waals surface area contributed by atoms with E-state index >= 15 is 0 Å². The number of likely N-dealkylation sites (tertiary alicyclic amines) is 2. The van der Waals surface area contributed by atoms with E-state index in [1.165, 1.54) is 0 Å². The number of amides is 2. The number of nitrogens with two attached hydrogens (primary N) is 1. The molecule has 6 nitrogen and oxygen atoms in total. The van der Waals surface area contributed by atoms with Crippen molar-refractivity contribution in [2.24, 2.45) is 11.7 Å². The first-order chi connectivity index (χ1) is 13.1. The molecule has 2 amide bonds. The number of carbonyl (C=O) groups excluding carboxylic acids is 2. The van der Waals surface area contributed by atoms with Crippen LogP contribution in [0.5, 0.6) is 0 Å². The molecule has 2 aliphatic rings. The number of nitrogens with zero attached hydrogens (tertiary/aromatic N) is 2. The van der Waals surface area contributed by atoms with E-state index in [-0.39, 0.29) is 29.9 Å². The number of ether oxygens (including phenoxy) is 1. The molecule has 0 radical (unpaired) electrons. The van der Waals surface area contributed by atoms with Crippen molar-refractivity contribution in [2.45, 2.75) is 44.8 Å². The van der Waals surface area contributed by atoms with Crippen LogP contribution in [-0.4, -0.2) is 60.5 Å². The lowest BCUT2D eigenvalue weighted by Crippen LogP contribution is -2.44. The fourth-order valence-electron chi connectivity index (χ4n) is 4.02. The summed E-state index contributed by atoms with van der Waals surface area (Å²) in [5, 5.41) is 0. The summed E-state index contributed by atoms with van der Waals surface area (Å²) in [4.78, 5) is 29.2. The largest absolute Gasteiger partial charge is 0.378 e. The van der Waals surface area contributed by atoms with Gasteiger partial charge in [-0.2, -0.15) is 0 Å². The van der Waals surface area contributed by atoms with E-state index in [0.29, 0.717) is 39.2 Å². The Kier molecular flexibility index (Phi) is 6.85. The van der Waals surface area contributed by atoms with Gasteiger partial charge < -0.3 is 20.3 Å². The molecule has 2 N–H and O–H groups in total. The van der Waals surface area contributed by atoms with Crippen LogP contribution >= 0.6 is 0 Å². The van der Waals surface area contributed by atoms with E-state index in [1.807, 2.05) is 47.1 Å². The highest BCUT2D eigenvalue weighted by atomic mass is 16.5. The highest BCUT2D eigenvalue weighted by molar-refractivity contribution is 5.89. The lowest BCUT2D eigenvalue weighted by Gasteiger charge is -2.33. The highest BCUT2D eigenvalue weighted by Crippen LogP contribution is 2.30. The van der Waals surface area contributed by atoms with Crippen LogP contribution in [0.15, 0.2) is 30.3 Å². The van der Waals surface area contributed by atoms with Gasteiger partial charge in [-0.05, 0) is 38.3 Å². The Morgan fingerprint density at radius 3 is 2.63 bits per heavy atom. The summed E-state index contributed by atoms with van der Waals surface area (Å²) in [5.74, 6) is -0.0328. The van der Waals surface area contributed by atoms with Gasteiger partial charge >= 0.3 is 0 Å². The van der Waals surface area contributed by atoms with Crippen LogP contribution in [-0.2, 0) is 14.3 Å². The molecule has 2 saturated heterocycles. The molecule has 2 atom stereocenters. The van der Waals surface area contributed by atoms with Crippen molar-refractivity contribution in [3.05, 3.63) is 35.9 Å². The van der Waals surface area contributed by atoms with Crippen LogP contribution in [0.1, 0.15) is 44.2 Å². The SMILES string of the molecule is CC(c1ccccc1)N1CC(C(=O)N2CCC(OCCCN)CC2)CC1=O. The number of carbonyl (C=O) groups is 2. The summed E-state index contributed by atoms with van der Waals surface area (Å²) in [6.07, 6.45) is 3.14. The van der Waals surface area contributed by atoms with E-state index in [4.69, 9.17) is 10.5 Å². The molecule has 148 valence electrons. The Bertz CT molecular complexity index is 629. The number of benzene rings is 1. The van der Waals surface area contributed by atoms with Crippen molar-refractivity contribution in [1.29, 1.82) is 0 Å². The third-order valence-corrected chi connectivity index (χ3v) is 5.71. The first kappa shape index (κ1) is 19.8. The van der Waals surface area contributed by atoms with Gasteiger partial charge in [0, 0.05) is 32.7 Å². The fraction of sp³-hybridized carbons (Fsp3) is 0.619. The predicted molar refractivity (Wildman–Crippen MR) is 104 cm³/mol. The Balaban J connectivity index is 1.51. The van der Waals surface area contributed by atoms with Crippen LogP contribution in [0.25, 0.3) is 0 Å². The normalized spacial score (nSPS) is 22.3. The predicted octanol–water partition coefficient (Wildman–Crippen LogP) is 1.95. The van der Waals surface area contributed by atoms with E-state index < -0.39 is 0 Å². The quantitative estimate of drug-likeness (QED) is 0.741. The van der Waals surface area contributed by atoms with Gasteiger partial charge in [0.25, 0.3) is 0 Å². The van der Waals surface area contributed by atoms with Gasteiger partial charge in [0.15, 0.2) is 0 Å². The van der Waals surface area contributed by atoms with Crippen LogP contribution in [0.2, 0.25) is 0 Å². The van der Waals surface area contributed by atoms with Gasteiger partial charge in [0.2, 0.25) is 11.8 Å². The lowest BCUT2D eigenvalue weighted by atomic mass is 10.0. The fourth-order valence-corrected chi connectivity index (χ4v) is 4.02. The molecular weight excluding hydrogens is 342 g/mol. The van der Waals surface area contributed by atoms with Crippen molar-refractivity contribution in [3.63, 3.8) is 0 Å². The third kappa shape index (κ3) is 4.87. The van der Waals surface area contributed by atoms with Crippen molar-refractivity contribution < 1.29 is 14.3 Å². The second-order valence-electron chi connectivity index (χ2n) is 7.57. The monoisotopic (exact) mass is 373 g/mol. The van der Waals surface area contributed by atoms with Gasteiger partial charge in [0.1, 0.15) is 0 Å². The van der Waals surface area contributed by atoms with Gasteiger partial charge in [-0.15, -0.1) is 0 Å². The van der Waals surface area contributed by atoms with Gasteiger partial charge in [-0.25, -0.2) is 0 Å². The summed E-state index contributed by atoms with van der Waals surface area (Å²) < 4.78 is 5.81. The Morgan fingerprint density at radius 2 is 1.96 bits per heavy atom. The van der Waals surface area contributed by atoms with E-state index in [9.17, 15) is 9.59 Å². The Morgan fingerprint density at radius 1 is 1.26 bits per heavy atom. The maximum Gasteiger partial charge on any atom is 0.227 e. The zero-order valence-corrected chi connectivity index (χ0v) is 16.2. The number of hydrogen-bond donors (Lipinski definition) is 1. The molecule has 2 fully saturated rings. The summed E-state index contributed by atoms with van der Waals surface area (Å²) in [6.45, 7) is 5.31. The van der Waals surface area contributed by atoms with Gasteiger partial charge in [-0.3, -0.25) is 9.59 Å². The first-order valence-electron chi connectivity index (χ1n) is 10.0. The minimum Gasteiger partial charge on any atom is -0.378 e. The first-order valence-corrected chi connectivity index (χ1v) is 10.0. The molecule has 2 unspecified atom stereocenters. The Labute approximate surface area is 161 Å². The summed E-state index contributed by atoms with van der Waals surface area (Å²) >= 11 is 0. The molecule has 2 heterocycles. The number of piperidine rings is 1. The van der Waals surface area contributed by atoms with Crippen molar-refractivity contribution in [2.75, 3.05) is 32.8 Å². The molecule has 3 rings (SSSR count). The van der Waals surface area contributed by atoms with Crippen molar-refractivity contribution in [1.82, 2.24) is 9.80 Å². The number of hydrogen-bond acceptors (Lipinski definition) is 4. The number of rotatable bonds is 7. The molecule has 0 spiro atoms. The summed E-state index contributed by atoms with van der Waals surface area (Å²) in [6, 6.07) is 9.99. The lowest BCUT2D eigenvalue weighted by molar-refractivity contribution is -0.138.